The van der Waals surface area contributed by atoms with Crippen molar-refractivity contribution in [2.75, 3.05) is 19.8 Å². The maximum atomic E-state index is 12.3. The quantitative estimate of drug-likeness (QED) is 0.363. The summed E-state index contributed by atoms with van der Waals surface area (Å²) in [5.41, 5.74) is 8.57. The molecule has 1 aromatic rings. The van der Waals surface area contributed by atoms with Gasteiger partial charge in [-0.25, -0.2) is 0 Å². The zero-order chi connectivity index (χ0) is 15.7. The highest BCUT2D eigenvalue weighted by Crippen LogP contribution is 2.19. The molecule has 0 aliphatic rings. The molecular formula is C12H13F3N4O2. The summed E-state index contributed by atoms with van der Waals surface area (Å²) in [6, 6.07) is 7.21. The maximum Gasteiger partial charge on any atom is 0.471 e. The number of hydrogen-bond donors (Lipinski definition) is 1. The number of amides is 1. The van der Waals surface area contributed by atoms with Crippen molar-refractivity contribution in [3.05, 3.63) is 46.3 Å². The van der Waals surface area contributed by atoms with Crippen molar-refractivity contribution < 1.29 is 22.7 Å². The lowest BCUT2D eigenvalue weighted by Crippen LogP contribution is -2.40. The number of rotatable bonds is 7. The molecule has 0 heterocycles. The number of nitrogens with one attached hydrogen (secondary N) is 1. The summed E-state index contributed by atoms with van der Waals surface area (Å²) in [6.07, 6.45) is -4.96. The van der Waals surface area contributed by atoms with E-state index in [-0.39, 0.29) is 19.8 Å². The van der Waals surface area contributed by atoms with E-state index in [1.54, 1.807) is 30.3 Å². The third-order valence-corrected chi connectivity index (χ3v) is 2.45. The van der Waals surface area contributed by atoms with Gasteiger partial charge in [-0.05, 0) is 11.1 Å². The average Bonchev–Trinajstić information content (AvgIpc) is 2.45. The molecule has 0 radical (unpaired) electrons. The van der Waals surface area contributed by atoms with Crippen molar-refractivity contribution in [3.63, 3.8) is 0 Å². The van der Waals surface area contributed by atoms with Gasteiger partial charge in [-0.1, -0.05) is 35.4 Å². The number of alkyl halides is 3. The highest BCUT2D eigenvalue weighted by atomic mass is 19.4. The number of halogens is 3. The molecule has 0 aliphatic heterocycles. The van der Waals surface area contributed by atoms with Gasteiger partial charge < -0.3 is 10.1 Å². The van der Waals surface area contributed by atoms with E-state index in [2.05, 4.69) is 10.0 Å². The number of benzene rings is 1. The van der Waals surface area contributed by atoms with Gasteiger partial charge in [0.2, 0.25) is 0 Å². The van der Waals surface area contributed by atoms with Gasteiger partial charge in [0.25, 0.3) is 0 Å². The molecule has 1 amide bonds. The molecule has 1 atom stereocenters. The van der Waals surface area contributed by atoms with E-state index < -0.39 is 18.1 Å². The van der Waals surface area contributed by atoms with Crippen molar-refractivity contribution in [3.8, 4) is 0 Å². The summed E-state index contributed by atoms with van der Waals surface area (Å²) in [4.78, 5) is 13.5. The van der Waals surface area contributed by atoms with Crippen LogP contribution in [0.25, 0.3) is 10.4 Å². The smallest absolute Gasteiger partial charge is 0.379 e. The minimum atomic E-state index is -4.96. The number of carbonyl (C=O) groups excluding carboxylic acids is 1. The second kappa shape index (κ2) is 8.13. The molecule has 0 unspecified atom stereocenters. The minimum Gasteiger partial charge on any atom is -0.379 e. The van der Waals surface area contributed by atoms with E-state index in [1.807, 2.05) is 5.32 Å². The number of ether oxygens (including phenoxy) is 1. The van der Waals surface area contributed by atoms with Gasteiger partial charge in [0.05, 0.1) is 19.3 Å². The van der Waals surface area contributed by atoms with Crippen molar-refractivity contribution in [2.24, 2.45) is 5.11 Å². The highest BCUT2D eigenvalue weighted by molar-refractivity contribution is 5.82. The van der Waals surface area contributed by atoms with Gasteiger partial charge in [0, 0.05) is 11.5 Å². The monoisotopic (exact) mass is 302 g/mol. The molecule has 0 aliphatic carbocycles. The molecule has 6 nitrogen and oxygen atoms in total. The predicted octanol–water partition coefficient (Wildman–Crippen LogP) is 2.73. The standard InChI is InChI=1S/C12H13F3N4O2/c13-12(14,15)11(20)18-10(8-21-7-6-17-19-16)9-4-2-1-3-5-9/h1-5,10H,6-8H2,(H,18,20)/t10-/m1/s1. The van der Waals surface area contributed by atoms with Crippen LogP contribution in [0.1, 0.15) is 11.6 Å². The first-order chi connectivity index (χ1) is 9.95. The second-order valence-corrected chi connectivity index (χ2v) is 3.96. The molecule has 9 heteroatoms. The van der Waals surface area contributed by atoms with Gasteiger partial charge in [0.15, 0.2) is 0 Å². The molecule has 1 aromatic carbocycles. The largest absolute Gasteiger partial charge is 0.471 e. The van der Waals surface area contributed by atoms with Crippen LogP contribution in [-0.2, 0) is 9.53 Å². The molecule has 0 fully saturated rings. The number of carbonyl (C=O) groups is 1. The maximum absolute atomic E-state index is 12.3. The Morgan fingerprint density at radius 2 is 2.05 bits per heavy atom. The summed E-state index contributed by atoms with van der Waals surface area (Å²) >= 11 is 0. The third kappa shape index (κ3) is 6.15. The Bertz CT molecular complexity index is 501. The molecule has 0 spiro atoms. The van der Waals surface area contributed by atoms with Crippen molar-refractivity contribution in [1.29, 1.82) is 0 Å². The van der Waals surface area contributed by atoms with Crippen LogP contribution in [0.2, 0.25) is 0 Å². The van der Waals surface area contributed by atoms with E-state index in [9.17, 15) is 18.0 Å². The lowest BCUT2D eigenvalue weighted by Gasteiger charge is -2.20. The van der Waals surface area contributed by atoms with Crippen LogP contribution in [0, 0.1) is 0 Å². The first kappa shape index (κ1) is 16.8. The Balaban J connectivity index is 2.67. The molecule has 1 N–H and O–H groups in total. The molecule has 0 saturated heterocycles. The van der Waals surface area contributed by atoms with Crippen LogP contribution in [0.4, 0.5) is 13.2 Å². The van der Waals surface area contributed by atoms with Crippen LogP contribution in [0.3, 0.4) is 0 Å². The fourth-order valence-corrected chi connectivity index (χ4v) is 1.50. The summed E-state index contributed by atoms with van der Waals surface area (Å²) in [6.45, 7) is -0.0483. The summed E-state index contributed by atoms with van der Waals surface area (Å²) in [5.74, 6) is -2.03. The fraction of sp³-hybridized carbons (Fsp3) is 0.417. The van der Waals surface area contributed by atoms with Crippen LogP contribution >= 0.6 is 0 Å². The van der Waals surface area contributed by atoms with E-state index in [0.717, 1.165) is 0 Å². The normalized spacial score (nSPS) is 12.3. The molecule has 0 aromatic heterocycles. The lowest BCUT2D eigenvalue weighted by atomic mass is 10.1. The minimum absolute atomic E-state index is 0.0509. The Morgan fingerprint density at radius 1 is 1.38 bits per heavy atom. The summed E-state index contributed by atoms with van der Waals surface area (Å²) < 4.78 is 42.0. The molecule has 0 saturated carbocycles. The van der Waals surface area contributed by atoms with E-state index in [0.29, 0.717) is 5.56 Å². The van der Waals surface area contributed by atoms with Crippen molar-refractivity contribution >= 4 is 5.91 Å². The van der Waals surface area contributed by atoms with Crippen LogP contribution in [0.15, 0.2) is 35.4 Å². The zero-order valence-corrected chi connectivity index (χ0v) is 10.9. The molecule has 1 rings (SSSR count). The van der Waals surface area contributed by atoms with Crippen LogP contribution < -0.4 is 5.32 Å². The van der Waals surface area contributed by atoms with E-state index >= 15 is 0 Å². The van der Waals surface area contributed by atoms with Crippen molar-refractivity contribution in [2.45, 2.75) is 12.2 Å². The van der Waals surface area contributed by atoms with Gasteiger partial charge >= 0.3 is 12.1 Å². The van der Waals surface area contributed by atoms with Crippen molar-refractivity contribution in [1.82, 2.24) is 5.32 Å². The number of azide groups is 1. The summed E-state index contributed by atoms with van der Waals surface area (Å²) in [5, 5.41) is 5.10. The molecule has 114 valence electrons. The number of hydrogen-bond acceptors (Lipinski definition) is 3. The van der Waals surface area contributed by atoms with Crippen LogP contribution in [0.5, 0.6) is 0 Å². The van der Waals surface area contributed by atoms with Gasteiger partial charge in [-0.2, -0.15) is 13.2 Å². The van der Waals surface area contributed by atoms with Crippen LogP contribution in [-0.4, -0.2) is 31.8 Å². The topological polar surface area (TPSA) is 87.1 Å². The second-order valence-electron chi connectivity index (χ2n) is 3.96. The van der Waals surface area contributed by atoms with E-state index in [1.165, 1.54) is 0 Å². The van der Waals surface area contributed by atoms with Gasteiger partial charge in [0.1, 0.15) is 0 Å². The number of nitrogens with zero attached hydrogens (tertiary/aromatic N) is 3. The third-order valence-electron chi connectivity index (χ3n) is 2.45. The highest BCUT2D eigenvalue weighted by Gasteiger charge is 2.39. The first-order valence-corrected chi connectivity index (χ1v) is 5.96. The molecule has 0 bridgehead atoms. The van der Waals surface area contributed by atoms with Gasteiger partial charge in [-0.3, -0.25) is 4.79 Å². The Kier molecular flexibility index (Phi) is 6.51. The Hall–Kier alpha value is -2.25. The predicted molar refractivity (Wildman–Crippen MR) is 68.2 cm³/mol. The average molecular weight is 302 g/mol. The van der Waals surface area contributed by atoms with E-state index in [4.69, 9.17) is 10.3 Å². The first-order valence-electron chi connectivity index (χ1n) is 5.96. The molecular weight excluding hydrogens is 289 g/mol. The zero-order valence-electron chi connectivity index (χ0n) is 10.9. The lowest BCUT2D eigenvalue weighted by molar-refractivity contribution is -0.174. The molecule has 21 heavy (non-hydrogen) atoms. The SMILES string of the molecule is [N-]=[N+]=NCCOC[C@@H](NC(=O)C(F)(F)F)c1ccccc1. The summed E-state index contributed by atoms with van der Waals surface area (Å²) in [7, 11) is 0. The Labute approximate surface area is 118 Å². The fourth-order valence-electron chi connectivity index (χ4n) is 1.50. The Morgan fingerprint density at radius 3 is 2.62 bits per heavy atom. The van der Waals surface area contributed by atoms with Gasteiger partial charge in [-0.15, -0.1) is 0 Å².